The third-order valence-corrected chi connectivity index (χ3v) is 5.90. The fourth-order valence-corrected chi connectivity index (χ4v) is 4.56. The van der Waals surface area contributed by atoms with Crippen molar-refractivity contribution in [1.82, 2.24) is 4.90 Å². The smallest absolute Gasteiger partial charge is 0.288 e. The first-order valence-corrected chi connectivity index (χ1v) is 10.6. The molecule has 1 saturated heterocycles. The third-order valence-electron chi connectivity index (χ3n) is 5.19. The number of rotatable bonds is 7. The molecule has 3 heterocycles. The first-order valence-electron chi connectivity index (χ1n) is 9.67. The number of allylic oxidation sites excluding steroid dienone is 1. The summed E-state index contributed by atoms with van der Waals surface area (Å²) >= 11 is 1.66. The Hall–Kier alpha value is -1.37. The van der Waals surface area contributed by atoms with Crippen molar-refractivity contribution < 1.29 is 19.4 Å². The van der Waals surface area contributed by atoms with Crippen LogP contribution in [0, 0.1) is 5.92 Å². The SMILES string of the molecule is CCO[C@@H]1OC(C(=O)N2CCCCC2)=C[C@H](c2ccsc2)[C@@H]1CCCO. The molecule has 2 aliphatic rings. The van der Waals surface area contributed by atoms with Crippen molar-refractivity contribution in [3.8, 4) is 0 Å². The summed E-state index contributed by atoms with van der Waals surface area (Å²) in [6, 6.07) is 2.11. The summed E-state index contributed by atoms with van der Waals surface area (Å²) in [4.78, 5) is 14.9. The number of ether oxygens (including phenoxy) is 2. The monoisotopic (exact) mass is 379 g/mol. The van der Waals surface area contributed by atoms with Gasteiger partial charge in [-0.3, -0.25) is 4.79 Å². The van der Waals surface area contributed by atoms with Crippen LogP contribution < -0.4 is 0 Å². The van der Waals surface area contributed by atoms with Gasteiger partial charge in [0.15, 0.2) is 5.76 Å². The van der Waals surface area contributed by atoms with E-state index in [-0.39, 0.29) is 24.3 Å². The molecule has 1 amide bonds. The molecular weight excluding hydrogens is 350 g/mol. The molecule has 1 aromatic rings. The Morgan fingerprint density at radius 3 is 2.85 bits per heavy atom. The second-order valence-corrected chi connectivity index (χ2v) is 7.72. The maximum Gasteiger partial charge on any atom is 0.288 e. The van der Waals surface area contributed by atoms with Crippen molar-refractivity contribution in [2.75, 3.05) is 26.3 Å². The van der Waals surface area contributed by atoms with Crippen molar-refractivity contribution >= 4 is 17.2 Å². The normalized spacial score (nSPS) is 26.3. The minimum atomic E-state index is -0.454. The van der Waals surface area contributed by atoms with Gasteiger partial charge >= 0.3 is 0 Å². The molecule has 5 nitrogen and oxygen atoms in total. The van der Waals surface area contributed by atoms with Crippen LogP contribution >= 0.6 is 11.3 Å². The molecule has 0 saturated carbocycles. The lowest BCUT2D eigenvalue weighted by atomic mass is 9.81. The molecule has 2 aliphatic heterocycles. The first kappa shape index (κ1) is 19.4. The topological polar surface area (TPSA) is 59.0 Å². The lowest BCUT2D eigenvalue weighted by Gasteiger charge is -2.38. The molecule has 0 aliphatic carbocycles. The summed E-state index contributed by atoms with van der Waals surface area (Å²) in [6.07, 6.45) is 6.32. The van der Waals surface area contributed by atoms with Crippen molar-refractivity contribution in [2.24, 2.45) is 5.92 Å². The van der Waals surface area contributed by atoms with Crippen molar-refractivity contribution in [3.05, 3.63) is 34.2 Å². The van der Waals surface area contributed by atoms with Crippen LogP contribution in [0.4, 0.5) is 0 Å². The van der Waals surface area contributed by atoms with Gasteiger partial charge in [0, 0.05) is 38.1 Å². The van der Waals surface area contributed by atoms with Gasteiger partial charge in [0.05, 0.1) is 0 Å². The van der Waals surface area contributed by atoms with Gasteiger partial charge < -0.3 is 19.5 Å². The number of amides is 1. The van der Waals surface area contributed by atoms with E-state index in [4.69, 9.17) is 9.47 Å². The predicted molar refractivity (Wildman–Crippen MR) is 102 cm³/mol. The summed E-state index contributed by atoms with van der Waals surface area (Å²) in [5, 5.41) is 13.5. The number of piperidine rings is 1. The highest BCUT2D eigenvalue weighted by atomic mass is 32.1. The Balaban J connectivity index is 1.87. The maximum absolute atomic E-state index is 13.0. The zero-order chi connectivity index (χ0) is 18.4. The Bertz CT molecular complexity index is 595. The number of likely N-dealkylation sites (tertiary alicyclic amines) is 1. The number of carbonyl (C=O) groups excluding carboxylic acids is 1. The van der Waals surface area contributed by atoms with Crippen LogP contribution in [0.1, 0.15) is 50.5 Å². The van der Waals surface area contributed by atoms with Gasteiger partial charge in [0.1, 0.15) is 0 Å². The largest absolute Gasteiger partial charge is 0.459 e. The fourth-order valence-electron chi connectivity index (χ4n) is 3.85. The third kappa shape index (κ3) is 4.48. The number of thiophene rings is 1. The lowest BCUT2D eigenvalue weighted by Crippen LogP contribution is -2.42. The Morgan fingerprint density at radius 1 is 1.38 bits per heavy atom. The highest BCUT2D eigenvalue weighted by Gasteiger charge is 2.39. The van der Waals surface area contributed by atoms with E-state index in [1.165, 1.54) is 12.0 Å². The van der Waals surface area contributed by atoms with E-state index >= 15 is 0 Å². The summed E-state index contributed by atoms with van der Waals surface area (Å²) in [6.45, 7) is 4.22. The van der Waals surface area contributed by atoms with E-state index in [1.54, 1.807) is 11.3 Å². The molecule has 0 radical (unpaired) electrons. The molecule has 0 unspecified atom stereocenters. The molecule has 26 heavy (non-hydrogen) atoms. The van der Waals surface area contributed by atoms with E-state index in [0.717, 1.165) is 32.4 Å². The van der Waals surface area contributed by atoms with E-state index in [1.807, 2.05) is 17.9 Å². The number of carbonyl (C=O) groups is 1. The quantitative estimate of drug-likeness (QED) is 0.788. The average molecular weight is 380 g/mol. The maximum atomic E-state index is 13.0. The standard InChI is InChI=1S/C20H29NO4S/c1-2-24-20-16(7-6-11-22)17(15-8-12-26-14-15)13-18(25-20)19(23)21-9-4-3-5-10-21/h8,12-14,16-17,20,22H,2-7,9-11H2,1H3/t16-,17+,20+/m0/s1. The van der Waals surface area contributed by atoms with E-state index in [0.29, 0.717) is 18.8 Å². The Labute approximate surface area is 159 Å². The number of hydrogen-bond acceptors (Lipinski definition) is 5. The highest BCUT2D eigenvalue weighted by molar-refractivity contribution is 7.08. The summed E-state index contributed by atoms with van der Waals surface area (Å²) in [5.41, 5.74) is 1.19. The van der Waals surface area contributed by atoms with Gasteiger partial charge in [-0.05, 0) is 67.5 Å². The fraction of sp³-hybridized carbons (Fsp3) is 0.650. The summed E-state index contributed by atoms with van der Waals surface area (Å²) in [7, 11) is 0. The summed E-state index contributed by atoms with van der Waals surface area (Å²) < 4.78 is 11.9. The van der Waals surface area contributed by atoms with Crippen LogP contribution in [-0.2, 0) is 14.3 Å². The zero-order valence-electron chi connectivity index (χ0n) is 15.4. The van der Waals surface area contributed by atoms with E-state index < -0.39 is 6.29 Å². The van der Waals surface area contributed by atoms with Gasteiger partial charge in [0.25, 0.3) is 5.91 Å². The zero-order valence-corrected chi connectivity index (χ0v) is 16.2. The molecule has 1 fully saturated rings. The summed E-state index contributed by atoms with van der Waals surface area (Å²) in [5.74, 6) is 0.563. The number of nitrogens with zero attached hydrogens (tertiary/aromatic N) is 1. The Morgan fingerprint density at radius 2 is 2.19 bits per heavy atom. The molecule has 0 aromatic carbocycles. The minimum Gasteiger partial charge on any atom is -0.459 e. The second kappa shape index (κ2) is 9.53. The molecular formula is C20H29NO4S. The first-order chi connectivity index (χ1) is 12.7. The Kier molecular flexibility index (Phi) is 7.11. The van der Waals surface area contributed by atoms with Crippen molar-refractivity contribution in [2.45, 2.75) is 51.2 Å². The molecule has 1 N–H and O–H groups in total. The minimum absolute atomic E-state index is 0.0183. The average Bonchev–Trinajstić information content (AvgIpc) is 3.21. The number of hydrogen-bond donors (Lipinski definition) is 1. The van der Waals surface area contributed by atoms with Gasteiger partial charge in [-0.15, -0.1) is 0 Å². The number of aliphatic hydroxyl groups is 1. The molecule has 3 atom stereocenters. The van der Waals surface area contributed by atoms with Crippen LogP contribution in [-0.4, -0.2) is 48.5 Å². The molecule has 144 valence electrons. The second-order valence-electron chi connectivity index (χ2n) is 6.94. The van der Waals surface area contributed by atoms with E-state index in [9.17, 15) is 9.90 Å². The van der Waals surface area contributed by atoms with E-state index in [2.05, 4.69) is 16.8 Å². The van der Waals surface area contributed by atoms with Crippen LogP contribution in [0.25, 0.3) is 0 Å². The molecule has 0 bridgehead atoms. The molecule has 6 heteroatoms. The lowest BCUT2D eigenvalue weighted by molar-refractivity contribution is -0.170. The van der Waals surface area contributed by atoms with Gasteiger partial charge in [-0.2, -0.15) is 11.3 Å². The van der Waals surface area contributed by atoms with Crippen molar-refractivity contribution in [1.29, 1.82) is 0 Å². The van der Waals surface area contributed by atoms with Gasteiger partial charge in [-0.1, -0.05) is 0 Å². The van der Waals surface area contributed by atoms with Crippen LogP contribution in [0.15, 0.2) is 28.7 Å². The predicted octanol–water partition coefficient (Wildman–Crippen LogP) is 3.51. The van der Waals surface area contributed by atoms with Gasteiger partial charge in [-0.25, -0.2) is 0 Å². The number of aliphatic hydroxyl groups excluding tert-OH is 1. The molecule has 1 aromatic heterocycles. The molecule has 3 rings (SSSR count). The van der Waals surface area contributed by atoms with Crippen LogP contribution in [0.3, 0.4) is 0 Å². The van der Waals surface area contributed by atoms with Crippen molar-refractivity contribution in [3.63, 3.8) is 0 Å². The van der Waals surface area contributed by atoms with Crippen LogP contribution in [0.5, 0.6) is 0 Å². The van der Waals surface area contributed by atoms with Gasteiger partial charge in [0.2, 0.25) is 6.29 Å². The van der Waals surface area contributed by atoms with Crippen LogP contribution in [0.2, 0.25) is 0 Å². The molecule has 0 spiro atoms. The highest BCUT2D eigenvalue weighted by Crippen LogP contribution is 2.40.